The van der Waals surface area contributed by atoms with E-state index in [2.05, 4.69) is 10.2 Å². The first-order valence-electron chi connectivity index (χ1n) is 8.16. The van der Waals surface area contributed by atoms with Gasteiger partial charge in [-0.2, -0.15) is 0 Å². The van der Waals surface area contributed by atoms with Crippen LogP contribution in [-0.4, -0.2) is 41.3 Å². The maximum atomic E-state index is 12.9. The van der Waals surface area contributed by atoms with Crippen molar-refractivity contribution in [3.05, 3.63) is 30.1 Å². The summed E-state index contributed by atoms with van der Waals surface area (Å²) in [7, 11) is 0. The van der Waals surface area contributed by atoms with Crippen LogP contribution in [0.25, 0.3) is 0 Å². The number of aliphatic hydroxyl groups is 1. The molecule has 1 aliphatic heterocycles. The van der Waals surface area contributed by atoms with Gasteiger partial charge in [0.2, 0.25) is 0 Å². The van der Waals surface area contributed by atoms with E-state index in [1.807, 2.05) is 0 Å². The van der Waals surface area contributed by atoms with Crippen LogP contribution in [0.4, 0.5) is 10.1 Å². The van der Waals surface area contributed by atoms with Crippen molar-refractivity contribution in [1.29, 1.82) is 0 Å². The second kappa shape index (κ2) is 6.75. The van der Waals surface area contributed by atoms with Crippen LogP contribution >= 0.6 is 0 Å². The van der Waals surface area contributed by atoms with Crippen molar-refractivity contribution in [1.82, 2.24) is 4.90 Å². The molecule has 1 saturated heterocycles. The summed E-state index contributed by atoms with van der Waals surface area (Å²) in [6.07, 6.45) is 6.53. The summed E-state index contributed by atoms with van der Waals surface area (Å²) in [6, 6.07) is 7.41. The second-order valence-electron chi connectivity index (χ2n) is 6.38. The maximum absolute atomic E-state index is 12.9. The van der Waals surface area contributed by atoms with Crippen molar-refractivity contribution < 1.29 is 9.50 Å². The molecule has 1 aromatic carbocycles. The third kappa shape index (κ3) is 3.74. The average molecular weight is 292 g/mol. The molecule has 0 spiro atoms. The lowest BCUT2D eigenvalue weighted by atomic mass is 9.89. The van der Waals surface area contributed by atoms with Gasteiger partial charge < -0.3 is 10.4 Å². The molecule has 1 aliphatic carbocycles. The van der Waals surface area contributed by atoms with E-state index in [9.17, 15) is 9.50 Å². The molecular weight excluding hydrogens is 267 g/mol. The molecule has 2 aliphatic rings. The first kappa shape index (κ1) is 14.8. The predicted molar refractivity (Wildman–Crippen MR) is 82.9 cm³/mol. The Bertz CT molecular complexity index is 443. The standard InChI is InChI=1S/C17H25FN2O/c18-13-5-7-14(8-6-13)19-15-9-11-20(12-10-15)16-3-1-2-4-17(16)21/h5-8,15-17,19,21H,1-4,9-12H2/t16-,17-/m1/s1. The number of hydrogen-bond acceptors (Lipinski definition) is 3. The fourth-order valence-electron chi connectivity index (χ4n) is 3.67. The van der Waals surface area contributed by atoms with E-state index in [-0.39, 0.29) is 11.9 Å². The van der Waals surface area contributed by atoms with Gasteiger partial charge in [-0.1, -0.05) is 12.8 Å². The van der Waals surface area contributed by atoms with E-state index in [0.29, 0.717) is 12.1 Å². The van der Waals surface area contributed by atoms with Crippen LogP contribution in [-0.2, 0) is 0 Å². The number of hydrogen-bond donors (Lipinski definition) is 2. The summed E-state index contributed by atoms with van der Waals surface area (Å²) in [5.74, 6) is -0.193. The first-order valence-corrected chi connectivity index (χ1v) is 8.16. The average Bonchev–Trinajstić information content (AvgIpc) is 2.51. The molecule has 116 valence electrons. The minimum absolute atomic E-state index is 0.139. The predicted octanol–water partition coefficient (Wildman–Crippen LogP) is 3.01. The number of rotatable bonds is 3. The molecule has 2 fully saturated rings. The summed E-state index contributed by atoms with van der Waals surface area (Å²) in [6.45, 7) is 2.08. The van der Waals surface area contributed by atoms with Gasteiger partial charge in [0.05, 0.1) is 6.10 Å². The van der Waals surface area contributed by atoms with Gasteiger partial charge in [-0.05, 0) is 49.9 Å². The second-order valence-corrected chi connectivity index (χ2v) is 6.38. The van der Waals surface area contributed by atoms with Gasteiger partial charge in [-0.3, -0.25) is 4.90 Å². The largest absolute Gasteiger partial charge is 0.391 e. The molecule has 1 heterocycles. The zero-order valence-electron chi connectivity index (χ0n) is 12.5. The summed E-state index contributed by atoms with van der Waals surface area (Å²) in [4.78, 5) is 2.46. The molecule has 21 heavy (non-hydrogen) atoms. The van der Waals surface area contributed by atoms with Crippen molar-refractivity contribution in [2.24, 2.45) is 0 Å². The monoisotopic (exact) mass is 292 g/mol. The number of halogens is 1. The first-order chi connectivity index (χ1) is 10.2. The quantitative estimate of drug-likeness (QED) is 0.899. The highest BCUT2D eigenvalue weighted by Gasteiger charge is 2.31. The van der Waals surface area contributed by atoms with Crippen LogP contribution in [0.3, 0.4) is 0 Å². The molecule has 0 radical (unpaired) electrons. The minimum atomic E-state index is -0.193. The lowest BCUT2D eigenvalue weighted by Crippen LogP contribution is -2.50. The summed E-state index contributed by atoms with van der Waals surface area (Å²) < 4.78 is 12.9. The summed E-state index contributed by atoms with van der Waals surface area (Å²) >= 11 is 0. The highest BCUT2D eigenvalue weighted by atomic mass is 19.1. The molecule has 1 aromatic rings. The number of nitrogens with one attached hydrogen (secondary N) is 1. The number of benzene rings is 1. The zero-order chi connectivity index (χ0) is 14.7. The lowest BCUT2D eigenvalue weighted by molar-refractivity contribution is 0.00994. The van der Waals surface area contributed by atoms with Crippen molar-refractivity contribution in [2.45, 2.75) is 56.7 Å². The van der Waals surface area contributed by atoms with E-state index in [1.54, 1.807) is 12.1 Å². The Morgan fingerprint density at radius 1 is 1.00 bits per heavy atom. The molecule has 2 N–H and O–H groups in total. The van der Waals surface area contributed by atoms with E-state index in [4.69, 9.17) is 0 Å². The van der Waals surface area contributed by atoms with Crippen LogP contribution in [0.2, 0.25) is 0 Å². The van der Waals surface area contributed by atoms with Crippen molar-refractivity contribution in [3.8, 4) is 0 Å². The van der Waals surface area contributed by atoms with Crippen LogP contribution in [0.1, 0.15) is 38.5 Å². The normalized spacial score (nSPS) is 28.5. The molecule has 0 bridgehead atoms. The van der Waals surface area contributed by atoms with Gasteiger partial charge in [0.1, 0.15) is 5.82 Å². The fourth-order valence-corrected chi connectivity index (χ4v) is 3.67. The SMILES string of the molecule is O[C@@H]1CCCC[C@H]1N1CCC(Nc2ccc(F)cc2)CC1. The van der Waals surface area contributed by atoms with Crippen LogP contribution < -0.4 is 5.32 Å². The Kier molecular flexibility index (Phi) is 4.76. The van der Waals surface area contributed by atoms with Gasteiger partial charge in [-0.25, -0.2) is 4.39 Å². The topological polar surface area (TPSA) is 35.5 Å². The molecule has 1 saturated carbocycles. The molecule has 2 atom stereocenters. The van der Waals surface area contributed by atoms with Crippen molar-refractivity contribution in [3.63, 3.8) is 0 Å². The number of nitrogens with zero attached hydrogens (tertiary/aromatic N) is 1. The third-order valence-corrected chi connectivity index (χ3v) is 4.91. The molecular formula is C17H25FN2O. The molecule has 3 nitrogen and oxygen atoms in total. The van der Waals surface area contributed by atoms with Crippen molar-refractivity contribution >= 4 is 5.69 Å². The number of aliphatic hydroxyl groups excluding tert-OH is 1. The van der Waals surface area contributed by atoms with Gasteiger partial charge >= 0.3 is 0 Å². The van der Waals surface area contributed by atoms with Gasteiger partial charge in [-0.15, -0.1) is 0 Å². The summed E-state index contributed by atoms with van der Waals surface area (Å²) in [5, 5.41) is 13.6. The molecule has 0 unspecified atom stereocenters. The Morgan fingerprint density at radius 2 is 1.67 bits per heavy atom. The van der Waals surface area contributed by atoms with Gasteiger partial charge in [0.25, 0.3) is 0 Å². The van der Waals surface area contributed by atoms with E-state index < -0.39 is 0 Å². The lowest BCUT2D eigenvalue weighted by Gasteiger charge is -2.41. The highest BCUT2D eigenvalue weighted by Crippen LogP contribution is 2.26. The molecule has 4 heteroatoms. The number of anilines is 1. The summed E-state index contributed by atoms with van der Waals surface area (Å²) in [5.41, 5.74) is 0.993. The highest BCUT2D eigenvalue weighted by molar-refractivity contribution is 5.43. The van der Waals surface area contributed by atoms with E-state index >= 15 is 0 Å². The molecule has 0 amide bonds. The zero-order valence-corrected chi connectivity index (χ0v) is 12.5. The Balaban J connectivity index is 1.49. The number of piperidine rings is 1. The molecule has 3 rings (SSSR count). The van der Waals surface area contributed by atoms with Crippen LogP contribution in [0.5, 0.6) is 0 Å². The Hall–Kier alpha value is -1.13. The number of likely N-dealkylation sites (tertiary alicyclic amines) is 1. The van der Waals surface area contributed by atoms with Crippen molar-refractivity contribution in [2.75, 3.05) is 18.4 Å². The van der Waals surface area contributed by atoms with Crippen LogP contribution in [0.15, 0.2) is 24.3 Å². The van der Waals surface area contributed by atoms with Crippen LogP contribution in [0, 0.1) is 5.82 Å². The maximum Gasteiger partial charge on any atom is 0.123 e. The van der Waals surface area contributed by atoms with Gasteiger partial charge in [0.15, 0.2) is 0 Å². The molecule has 0 aromatic heterocycles. The Morgan fingerprint density at radius 3 is 2.33 bits per heavy atom. The smallest absolute Gasteiger partial charge is 0.123 e. The fraction of sp³-hybridized carbons (Fsp3) is 0.647. The van der Waals surface area contributed by atoms with E-state index in [1.165, 1.54) is 25.0 Å². The van der Waals surface area contributed by atoms with Gasteiger partial charge in [0, 0.05) is 30.9 Å². The van der Waals surface area contributed by atoms with E-state index in [0.717, 1.165) is 44.5 Å². The third-order valence-electron chi connectivity index (χ3n) is 4.91. The Labute approximate surface area is 126 Å². The minimum Gasteiger partial charge on any atom is -0.391 e.